The molecule has 0 fully saturated rings. The van der Waals surface area contributed by atoms with Crippen LogP contribution in [0, 0.1) is 6.92 Å². The Morgan fingerprint density at radius 2 is 2.12 bits per heavy atom. The maximum atomic E-state index is 12.5. The lowest BCUT2D eigenvalue weighted by molar-refractivity contribution is 0.0458. The van der Waals surface area contributed by atoms with Crippen molar-refractivity contribution in [3.63, 3.8) is 0 Å². The first-order chi connectivity index (χ1) is 11.7. The molecule has 2 aromatic heterocycles. The molecule has 0 bridgehead atoms. The minimum absolute atomic E-state index is 0.0469. The molecule has 7 heteroatoms. The van der Waals surface area contributed by atoms with Crippen LogP contribution in [0.5, 0.6) is 0 Å². The van der Waals surface area contributed by atoms with E-state index in [0.717, 1.165) is 29.4 Å². The van der Waals surface area contributed by atoms with E-state index < -0.39 is 5.97 Å². The molecule has 0 atom stereocenters. The summed E-state index contributed by atoms with van der Waals surface area (Å²) in [6.45, 7) is 4.72. The Balaban J connectivity index is 1.78. The largest absolute Gasteiger partial charge is 0.454 e. The van der Waals surface area contributed by atoms with E-state index in [1.54, 1.807) is 10.7 Å². The monoisotopic (exact) mass is 325 g/mol. The summed E-state index contributed by atoms with van der Waals surface area (Å²) in [6, 6.07) is 9.26. The van der Waals surface area contributed by atoms with Crippen molar-refractivity contribution in [3.05, 3.63) is 47.4 Å². The summed E-state index contributed by atoms with van der Waals surface area (Å²) in [7, 11) is 0. The van der Waals surface area contributed by atoms with Gasteiger partial charge in [-0.1, -0.05) is 31.5 Å². The van der Waals surface area contributed by atoms with Gasteiger partial charge in [0, 0.05) is 17.6 Å². The lowest BCUT2D eigenvalue weighted by Crippen LogP contribution is -2.12. The van der Waals surface area contributed by atoms with Gasteiger partial charge in [0.25, 0.3) is 0 Å². The summed E-state index contributed by atoms with van der Waals surface area (Å²) < 4.78 is 7.10. The lowest BCUT2D eigenvalue weighted by Gasteiger charge is -2.08. The van der Waals surface area contributed by atoms with E-state index in [1.807, 2.05) is 31.2 Å². The molecule has 7 nitrogen and oxygen atoms in total. The molecule has 3 rings (SSSR count). The SMILES string of the molecule is CCCCn1nnnc1COC(=O)c1cc(C)nc2ccccc12. The van der Waals surface area contributed by atoms with E-state index in [1.165, 1.54) is 0 Å². The number of para-hydroxylation sites is 1. The van der Waals surface area contributed by atoms with Gasteiger partial charge >= 0.3 is 5.97 Å². The van der Waals surface area contributed by atoms with Gasteiger partial charge in [-0.3, -0.25) is 4.98 Å². The quantitative estimate of drug-likeness (QED) is 0.648. The van der Waals surface area contributed by atoms with E-state index >= 15 is 0 Å². The molecule has 24 heavy (non-hydrogen) atoms. The Morgan fingerprint density at radius 1 is 1.29 bits per heavy atom. The molecule has 0 amide bonds. The molecule has 3 aromatic rings. The molecule has 0 unspecified atom stereocenters. The third-order valence-corrected chi connectivity index (χ3v) is 3.73. The number of unbranched alkanes of at least 4 members (excludes halogenated alkanes) is 1. The number of fused-ring (bicyclic) bond motifs is 1. The van der Waals surface area contributed by atoms with Crippen LogP contribution in [0.4, 0.5) is 0 Å². The zero-order valence-corrected chi connectivity index (χ0v) is 13.8. The molecule has 0 aliphatic rings. The van der Waals surface area contributed by atoms with Crippen molar-refractivity contribution in [2.24, 2.45) is 0 Å². The number of pyridine rings is 1. The second kappa shape index (κ2) is 7.16. The summed E-state index contributed by atoms with van der Waals surface area (Å²) in [5.74, 6) is 0.147. The molecule has 0 aliphatic heterocycles. The van der Waals surface area contributed by atoms with Crippen molar-refractivity contribution < 1.29 is 9.53 Å². The van der Waals surface area contributed by atoms with E-state index in [0.29, 0.717) is 17.9 Å². The standard InChI is InChI=1S/C17H19N5O2/c1-3-4-9-22-16(19-20-21-22)11-24-17(23)14-10-12(2)18-15-8-6-5-7-13(14)15/h5-8,10H,3-4,9,11H2,1-2H3. The topological polar surface area (TPSA) is 82.8 Å². The lowest BCUT2D eigenvalue weighted by atomic mass is 10.1. The van der Waals surface area contributed by atoms with Crippen LogP contribution in [0.2, 0.25) is 0 Å². The fraction of sp³-hybridized carbons (Fsp3) is 0.353. The number of nitrogens with zero attached hydrogens (tertiary/aromatic N) is 5. The zero-order chi connectivity index (χ0) is 16.9. The van der Waals surface area contributed by atoms with Gasteiger partial charge < -0.3 is 4.74 Å². The average molecular weight is 325 g/mol. The maximum Gasteiger partial charge on any atom is 0.339 e. The second-order valence-electron chi connectivity index (χ2n) is 5.58. The van der Waals surface area contributed by atoms with Crippen molar-refractivity contribution in [2.45, 2.75) is 39.8 Å². The summed E-state index contributed by atoms with van der Waals surface area (Å²) in [6.07, 6.45) is 2.02. The third-order valence-electron chi connectivity index (χ3n) is 3.73. The molecular weight excluding hydrogens is 306 g/mol. The first-order valence-electron chi connectivity index (χ1n) is 7.97. The number of benzene rings is 1. The number of esters is 1. The number of tetrazole rings is 1. The minimum atomic E-state index is -0.401. The fourth-order valence-corrected chi connectivity index (χ4v) is 2.49. The number of aromatic nitrogens is 5. The number of ether oxygens (including phenoxy) is 1. The summed E-state index contributed by atoms with van der Waals surface area (Å²) in [5.41, 5.74) is 2.05. The van der Waals surface area contributed by atoms with Gasteiger partial charge in [-0.2, -0.15) is 0 Å². The van der Waals surface area contributed by atoms with Gasteiger partial charge in [-0.15, -0.1) is 5.10 Å². The van der Waals surface area contributed by atoms with Crippen LogP contribution in [0.1, 0.15) is 41.6 Å². The van der Waals surface area contributed by atoms with E-state index in [4.69, 9.17) is 4.74 Å². The smallest absolute Gasteiger partial charge is 0.339 e. The van der Waals surface area contributed by atoms with Crippen LogP contribution >= 0.6 is 0 Å². The molecular formula is C17H19N5O2. The number of carbonyl (C=O) groups is 1. The van der Waals surface area contributed by atoms with Crippen molar-refractivity contribution >= 4 is 16.9 Å². The number of hydrogen-bond acceptors (Lipinski definition) is 6. The van der Waals surface area contributed by atoms with Gasteiger partial charge in [0.1, 0.15) is 0 Å². The zero-order valence-electron chi connectivity index (χ0n) is 13.8. The van der Waals surface area contributed by atoms with Gasteiger partial charge in [0.05, 0.1) is 11.1 Å². The summed E-state index contributed by atoms with van der Waals surface area (Å²) in [5, 5.41) is 12.3. The maximum absolute atomic E-state index is 12.5. The van der Waals surface area contributed by atoms with Crippen molar-refractivity contribution in [2.75, 3.05) is 0 Å². The van der Waals surface area contributed by atoms with Gasteiger partial charge in [0.2, 0.25) is 0 Å². The molecule has 0 saturated heterocycles. The van der Waals surface area contributed by atoms with E-state index in [9.17, 15) is 4.79 Å². The molecule has 0 saturated carbocycles. The van der Waals surface area contributed by atoms with Crippen molar-refractivity contribution in [3.8, 4) is 0 Å². The molecule has 0 spiro atoms. The molecule has 2 heterocycles. The number of aryl methyl sites for hydroxylation is 2. The number of rotatable bonds is 6. The predicted molar refractivity (Wildman–Crippen MR) is 88.3 cm³/mol. The van der Waals surface area contributed by atoms with E-state index in [2.05, 4.69) is 27.4 Å². The Hall–Kier alpha value is -2.83. The van der Waals surface area contributed by atoms with Crippen LogP contribution in [0.25, 0.3) is 10.9 Å². The number of carbonyl (C=O) groups excluding carboxylic acids is 1. The van der Waals surface area contributed by atoms with Crippen LogP contribution in [0.15, 0.2) is 30.3 Å². The van der Waals surface area contributed by atoms with E-state index in [-0.39, 0.29) is 6.61 Å². The van der Waals surface area contributed by atoms with Gasteiger partial charge in [0.15, 0.2) is 12.4 Å². The minimum Gasteiger partial charge on any atom is -0.454 e. The highest BCUT2D eigenvalue weighted by atomic mass is 16.5. The van der Waals surface area contributed by atoms with Crippen LogP contribution in [-0.4, -0.2) is 31.2 Å². The van der Waals surface area contributed by atoms with Crippen LogP contribution < -0.4 is 0 Å². The summed E-state index contributed by atoms with van der Waals surface area (Å²) >= 11 is 0. The first kappa shape index (κ1) is 16.0. The van der Waals surface area contributed by atoms with Gasteiger partial charge in [-0.05, 0) is 35.9 Å². The fourth-order valence-electron chi connectivity index (χ4n) is 2.49. The normalized spacial score (nSPS) is 10.9. The van der Waals surface area contributed by atoms with Crippen molar-refractivity contribution in [1.29, 1.82) is 0 Å². The van der Waals surface area contributed by atoms with Crippen molar-refractivity contribution in [1.82, 2.24) is 25.2 Å². The Morgan fingerprint density at radius 3 is 2.96 bits per heavy atom. The highest BCUT2D eigenvalue weighted by Gasteiger charge is 2.15. The number of hydrogen-bond donors (Lipinski definition) is 0. The Kier molecular flexibility index (Phi) is 4.79. The van der Waals surface area contributed by atoms with Gasteiger partial charge in [-0.25, -0.2) is 9.48 Å². The highest BCUT2D eigenvalue weighted by molar-refractivity contribution is 6.03. The average Bonchev–Trinajstić information content (AvgIpc) is 3.04. The second-order valence-corrected chi connectivity index (χ2v) is 5.58. The third kappa shape index (κ3) is 3.40. The Labute approximate surface area is 139 Å². The summed E-state index contributed by atoms with van der Waals surface area (Å²) in [4.78, 5) is 16.9. The van der Waals surface area contributed by atoms with Crippen LogP contribution in [0.3, 0.4) is 0 Å². The first-order valence-corrected chi connectivity index (χ1v) is 7.97. The predicted octanol–water partition coefficient (Wildman–Crippen LogP) is 2.69. The Bertz CT molecular complexity index is 859. The molecule has 0 radical (unpaired) electrons. The molecule has 124 valence electrons. The molecule has 0 N–H and O–H groups in total. The molecule has 0 aliphatic carbocycles. The van der Waals surface area contributed by atoms with Crippen LogP contribution in [-0.2, 0) is 17.9 Å². The highest BCUT2D eigenvalue weighted by Crippen LogP contribution is 2.19. The molecule has 1 aromatic carbocycles.